The Bertz CT molecular complexity index is 261. The molecule has 0 N–H and O–H groups in total. The zero-order valence-corrected chi connectivity index (χ0v) is 17.2. The summed E-state index contributed by atoms with van der Waals surface area (Å²) in [5.74, 6) is -0.00322. The maximum absolute atomic E-state index is 11.4. The molecule has 150 valence electrons. The van der Waals surface area contributed by atoms with E-state index < -0.39 is 0 Å². The van der Waals surface area contributed by atoms with E-state index in [1.807, 2.05) is 0 Å². The maximum atomic E-state index is 11.4. The molecule has 3 heteroatoms. The summed E-state index contributed by atoms with van der Waals surface area (Å²) in [6, 6.07) is 0. The summed E-state index contributed by atoms with van der Waals surface area (Å²) >= 11 is 0. The first kappa shape index (κ1) is 24.4. The highest BCUT2D eigenvalue weighted by atomic mass is 16.6. The van der Waals surface area contributed by atoms with Crippen LogP contribution in [0.3, 0.4) is 0 Å². The minimum atomic E-state index is -0.00322. The molecule has 0 atom stereocenters. The van der Waals surface area contributed by atoms with Gasteiger partial charge in [0, 0.05) is 6.42 Å². The minimum absolute atomic E-state index is 0.00322. The first-order chi connectivity index (χ1) is 12.3. The zero-order chi connectivity index (χ0) is 18.4. The van der Waals surface area contributed by atoms with Crippen LogP contribution in [0.25, 0.3) is 0 Å². The average Bonchev–Trinajstić information content (AvgIpc) is 3.48. The fraction of sp³-hybridized carbons (Fsp3) is 0.955. The largest absolute Gasteiger partial charge is 0.466 e. The molecule has 0 radical (unpaired) electrons. The number of hydrogen-bond donors (Lipinski definition) is 0. The van der Waals surface area contributed by atoms with Crippen LogP contribution in [0.1, 0.15) is 117 Å². The van der Waals surface area contributed by atoms with Gasteiger partial charge in [-0.1, -0.05) is 97.3 Å². The molecule has 1 heterocycles. The SMILES string of the molecule is C1CO1.CCCCCCCCCCCCCCCC(=O)OCCCC. The maximum Gasteiger partial charge on any atom is 0.305 e. The normalized spacial score (nSPS) is 12.4. The van der Waals surface area contributed by atoms with Crippen LogP contribution < -0.4 is 0 Å². The second-order valence-electron chi connectivity index (χ2n) is 7.18. The highest BCUT2D eigenvalue weighted by Gasteiger charge is 2.01. The van der Waals surface area contributed by atoms with E-state index in [0.29, 0.717) is 13.0 Å². The molecule has 0 aromatic carbocycles. The molecule has 25 heavy (non-hydrogen) atoms. The van der Waals surface area contributed by atoms with Gasteiger partial charge in [0.1, 0.15) is 0 Å². The van der Waals surface area contributed by atoms with E-state index in [1.54, 1.807) is 0 Å². The molecule has 0 bridgehead atoms. The van der Waals surface area contributed by atoms with Gasteiger partial charge in [0.25, 0.3) is 0 Å². The lowest BCUT2D eigenvalue weighted by molar-refractivity contribution is -0.143. The van der Waals surface area contributed by atoms with Crippen molar-refractivity contribution in [2.24, 2.45) is 0 Å². The second-order valence-corrected chi connectivity index (χ2v) is 7.18. The number of hydrogen-bond acceptors (Lipinski definition) is 3. The van der Waals surface area contributed by atoms with Crippen molar-refractivity contribution in [2.75, 3.05) is 19.8 Å². The van der Waals surface area contributed by atoms with E-state index in [-0.39, 0.29) is 5.97 Å². The first-order valence-corrected chi connectivity index (χ1v) is 11.0. The van der Waals surface area contributed by atoms with Gasteiger partial charge in [0.2, 0.25) is 0 Å². The third-order valence-electron chi connectivity index (χ3n) is 4.45. The zero-order valence-electron chi connectivity index (χ0n) is 17.2. The van der Waals surface area contributed by atoms with Crippen molar-refractivity contribution in [3.8, 4) is 0 Å². The summed E-state index contributed by atoms with van der Waals surface area (Å²) in [5.41, 5.74) is 0. The van der Waals surface area contributed by atoms with E-state index >= 15 is 0 Å². The fourth-order valence-electron chi connectivity index (χ4n) is 2.69. The molecule has 0 aliphatic carbocycles. The average molecular weight is 357 g/mol. The molecule has 3 nitrogen and oxygen atoms in total. The van der Waals surface area contributed by atoms with E-state index in [1.165, 1.54) is 77.0 Å². The number of epoxide rings is 1. The Labute approximate surface area is 157 Å². The van der Waals surface area contributed by atoms with E-state index in [9.17, 15) is 4.79 Å². The predicted molar refractivity (Wildman–Crippen MR) is 107 cm³/mol. The molecular formula is C22H44O3. The molecule has 0 spiro atoms. The fourth-order valence-corrected chi connectivity index (χ4v) is 2.69. The molecule has 1 aliphatic heterocycles. The third kappa shape index (κ3) is 25.8. The van der Waals surface area contributed by atoms with Gasteiger partial charge in [0.15, 0.2) is 0 Å². The second kappa shape index (κ2) is 21.5. The lowest BCUT2D eigenvalue weighted by atomic mass is 10.0. The number of ether oxygens (including phenoxy) is 2. The topological polar surface area (TPSA) is 38.8 Å². The van der Waals surface area contributed by atoms with Gasteiger partial charge >= 0.3 is 5.97 Å². The molecule has 1 rings (SSSR count). The number of unbranched alkanes of at least 4 members (excludes halogenated alkanes) is 13. The Kier molecular flexibility index (Phi) is 21.0. The Morgan fingerprint density at radius 2 is 1.08 bits per heavy atom. The van der Waals surface area contributed by atoms with Crippen LogP contribution in [0.2, 0.25) is 0 Å². The molecule has 1 aliphatic rings. The van der Waals surface area contributed by atoms with Crippen LogP contribution in [0, 0.1) is 0 Å². The first-order valence-electron chi connectivity index (χ1n) is 11.0. The summed E-state index contributed by atoms with van der Waals surface area (Å²) in [5, 5.41) is 0. The van der Waals surface area contributed by atoms with E-state index in [4.69, 9.17) is 4.74 Å². The monoisotopic (exact) mass is 356 g/mol. The van der Waals surface area contributed by atoms with Crippen molar-refractivity contribution in [1.29, 1.82) is 0 Å². The summed E-state index contributed by atoms with van der Waals surface area (Å²) in [7, 11) is 0. The minimum Gasteiger partial charge on any atom is -0.466 e. The Hall–Kier alpha value is -0.570. The molecule has 0 saturated carbocycles. The smallest absolute Gasteiger partial charge is 0.305 e. The van der Waals surface area contributed by atoms with E-state index in [2.05, 4.69) is 18.6 Å². The lowest BCUT2D eigenvalue weighted by Gasteiger charge is -2.04. The molecule has 0 aromatic heterocycles. The van der Waals surface area contributed by atoms with Gasteiger partial charge in [-0.05, 0) is 12.8 Å². The summed E-state index contributed by atoms with van der Waals surface area (Å²) in [4.78, 5) is 11.4. The van der Waals surface area contributed by atoms with Crippen molar-refractivity contribution >= 4 is 5.97 Å². The van der Waals surface area contributed by atoms with Gasteiger partial charge in [-0.2, -0.15) is 0 Å². The molecule has 1 fully saturated rings. The van der Waals surface area contributed by atoms with Crippen LogP contribution >= 0.6 is 0 Å². The van der Waals surface area contributed by atoms with Crippen molar-refractivity contribution < 1.29 is 14.3 Å². The Balaban J connectivity index is 0.00000171. The third-order valence-corrected chi connectivity index (χ3v) is 4.45. The number of rotatable bonds is 17. The summed E-state index contributed by atoms with van der Waals surface area (Å²) in [6.45, 7) is 6.99. The molecule has 0 aromatic rings. The molecular weight excluding hydrogens is 312 g/mol. The van der Waals surface area contributed by atoms with Gasteiger partial charge < -0.3 is 9.47 Å². The predicted octanol–water partition coefficient (Wildman–Crippen LogP) is 6.83. The highest BCUT2D eigenvalue weighted by Crippen LogP contribution is 2.13. The van der Waals surface area contributed by atoms with Crippen LogP contribution in [0.4, 0.5) is 0 Å². The Morgan fingerprint density at radius 1 is 0.680 bits per heavy atom. The quantitative estimate of drug-likeness (QED) is 0.163. The standard InChI is InChI=1S/C20H40O2.C2H4O/c1-3-5-7-8-9-10-11-12-13-14-15-16-17-18-20(21)22-19-6-4-2;1-2-3-1/h3-19H2,1-2H3;1-2H2. The Morgan fingerprint density at radius 3 is 1.48 bits per heavy atom. The van der Waals surface area contributed by atoms with Gasteiger partial charge in [-0.3, -0.25) is 4.79 Å². The number of esters is 1. The van der Waals surface area contributed by atoms with Crippen LogP contribution in [-0.2, 0) is 14.3 Å². The van der Waals surface area contributed by atoms with Crippen LogP contribution in [-0.4, -0.2) is 25.8 Å². The molecule has 0 amide bonds. The van der Waals surface area contributed by atoms with Gasteiger partial charge in [-0.25, -0.2) is 0 Å². The van der Waals surface area contributed by atoms with Gasteiger partial charge in [-0.15, -0.1) is 0 Å². The lowest BCUT2D eigenvalue weighted by Crippen LogP contribution is -2.05. The van der Waals surface area contributed by atoms with Gasteiger partial charge in [0.05, 0.1) is 19.8 Å². The molecule has 1 saturated heterocycles. The number of carbonyl (C=O) groups is 1. The van der Waals surface area contributed by atoms with Crippen molar-refractivity contribution in [3.05, 3.63) is 0 Å². The van der Waals surface area contributed by atoms with Crippen LogP contribution in [0.5, 0.6) is 0 Å². The highest BCUT2D eigenvalue weighted by molar-refractivity contribution is 5.69. The van der Waals surface area contributed by atoms with E-state index in [0.717, 1.165) is 32.5 Å². The number of carbonyl (C=O) groups excluding carboxylic acids is 1. The van der Waals surface area contributed by atoms with Crippen molar-refractivity contribution in [2.45, 2.75) is 117 Å². The van der Waals surface area contributed by atoms with Crippen molar-refractivity contribution in [1.82, 2.24) is 0 Å². The van der Waals surface area contributed by atoms with Crippen LogP contribution in [0.15, 0.2) is 0 Å². The van der Waals surface area contributed by atoms with Crippen molar-refractivity contribution in [3.63, 3.8) is 0 Å². The summed E-state index contributed by atoms with van der Waals surface area (Å²) < 4.78 is 9.65. The summed E-state index contributed by atoms with van der Waals surface area (Å²) in [6.07, 6.45) is 20.1. The molecule has 0 unspecified atom stereocenters.